The predicted octanol–water partition coefficient (Wildman–Crippen LogP) is 2.42. The fourth-order valence-electron chi connectivity index (χ4n) is 3.14. The molecule has 0 amide bonds. The number of aliphatic hydroxyl groups is 1. The van der Waals surface area contributed by atoms with Gasteiger partial charge in [0.05, 0.1) is 32.0 Å². The summed E-state index contributed by atoms with van der Waals surface area (Å²) in [6.07, 6.45) is 3.19. The van der Waals surface area contributed by atoms with Gasteiger partial charge >= 0.3 is 0 Å². The molecular weight excluding hydrogens is 469 g/mol. The number of nitrogens with zero attached hydrogens (tertiary/aromatic N) is 4. The van der Waals surface area contributed by atoms with Gasteiger partial charge in [0, 0.05) is 31.9 Å². The number of benzene rings is 1. The van der Waals surface area contributed by atoms with Crippen LogP contribution in [0.5, 0.6) is 0 Å². The van der Waals surface area contributed by atoms with E-state index in [9.17, 15) is 5.11 Å². The van der Waals surface area contributed by atoms with Gasteiger partial charge in [-0.25, -0.2) is 0 Å². The molecule has 0 aliphatic carbocycles. The number of aliphatic hydroxyl groups excluding tert-OH is 1. The van der Waals surface area contributed by atoms with E-state index in [0.717, 1.165) is 30.2 Å². The highest BCUT2D eigenvalue weighted by molar-refractivity contribution is 14.0. The van der Waals surface area contributed by atoms with Crippen molar-refractivity contribution in [1.29, 1.82) is 0 Å². The van der Waals surface area contributed by atoms with Crippen molar-refractivity contribution in [3.8, 4) is 0 Å². The first-order chi connectivity index (χ1) is 13.1. The third-order valence-electron chi connectivity index (χ3n) is 4.67. The topological polar surface area (TPSA) is 74.9 Å². The van der Waals surface area contributed by atoms with E-state index in [4.69, 9.17) is 4.74 Å². The van der Waals surface area contributed by atoms with Crippen LogP contribution in [0.2, 0.25) is 0 Å². The van der Waals surface area contributed by atoms with Gasteiger partial charge in [-0.15, -0.1) is 24.0 Å². The third-order valence-corrected chi connectivity index (χ3v) is 4.67. The van der Waals surface area contributed by atoms with Gasteiger partial charge < -0.3 is 20.1 Å². The molecule has 1 aliphatic rings. The fraction of sp³-hybridized carbons (Fsp3) is 0.500. The van der Waals surface area contributed by atoms with E-state index in [1.54, 1.807) is 4.68 Å². The third kappa shape index (κ3) is 5.92. The molecule has 28 heavy (non-hydrogen) atoms. The zero-order valence-corrected chi connectivity index (χ0v) is 19.0. The number of rotatable bonds is 5. The van der Waals surface area contributed by atoms with Crippen LogP contribution in [0.15, 0.2) is 41.7 Å². The Labute approximate surface area is 183 Å². The number of hydrogen-bond donors (Lipinski definition) is 2. The normalized spacial score (nSPS) is 18.5. The monoisotopic (exact) mass is 499 g/mol. The minimum atomic E-state index is -0.616. The van der Waals surface area contributed by atoms with Crippen molar-refractivity contribution in [2.75, 3.05) is 32.8 Å². The van der Waals surface area contributed by atoms with Crippen molar-refractivity contribution >= 4 is 29.9 Å². The highest BCUT2D eigenvalue weighted by Crippen LogP contribution is 2.22. The molecule has 0 saturated carbocycles. The molecule has 2 unspecified atom stereocenters. The van der Waals surface area contributed by atoms with Crippen molar-refractivity contribution < 1.29 is 9.84 Å². The largest absolute Gasteiger partial charge is 0.386 e. The number of aryl methyl sites for hydroxylation is 2. The lowest BCUT2D eigenvalue weighted by Crippen LogP contribution is -2.48. The van der Waals surface area contributed by atoms with E-state index in [1.807, 2.05) is 57.6 Å². The average molecular weight is 499 g/mol. The van der Waals surface area contributed by atoms with Gasteiger partial charge in [-0.05, 0) is 19.4 Å². The maximum atomic E-state index is 10.5. The molecule has 0 radical (unpaired) electrons. The molecule has 2 aromatic rings. The van der Waals surface area contributed by atoms with E-state index < -0.39 is 6.10 Å². The van der Waals surface area contributed by atoms with Crippen molar-refractivity contribution in [1.82, 2.24) is 20.0 Å². The average Bonchev–Trinajstić information content (AvgIpc) is 3.12. The fourth-order valence-corrected chi connectivity index (χ4v) is 3.14. The number of guanidine groups is 1. The lowest BCUT2D eigenvalue weighted by atomic mass is 10.1. The van der Waals surface area contributed by atoms with Crippen LogP contribution in [0.1, 0.15) is 35.8 Å². The van der Waals surface area contributed by atoms with Crippen LogP contribution in [0.3, 0.4) is 0 Å². The predicted molar refractivity (Wildman–Crippen MR) is 121 cm³/mol. The zero-order valence-electron chi connectivity index (χ0n) is 16.7. The van der Waals surface area contributed by atoms with E-state index >= 15 is 0 Å². The molecule has 154 valence electrons. The summed E-state index contributed by atoms with van der Waals surface area (Å²) in [7, 11) is 1.90. The highest BCUT2D eigenvalue weighted by atomic mass is 127. The molecule has 0 bridgehead atoms. The molecule has 8 heteroatoms. The van der Waals surface area contributed by atoms with Crippen LogP contribution in [0, 0.1) is 6.92 Å². The van der Waals surface area contributed by atoms with Crippen molar-refractivity contribution in [2.45, 2.75) is 26.1 Å². The lowest BCUT2D eigenvalue weighted by Gasteiger charge is -2.35. The second-order valence-corrected chi connectivity index (χ2v) is 6.87. The summed E-state index contributed by atoms with van der Waals surface area (Å²) in [4.78, 5) is 6.86. The molecule has 1 fully saturated rings. The first kappa shape index (κ1) is 22.6. The number of halogens is 1. The first-order valence-electron chi connectivity index (χ1n) is 9.45. The molecule has 0 spiro atoms. The smallest absolute Gasteiger partial charge is 0.194 e. The first-order valence-corrected chi connectivity index (χ1v) is 9.45. The van der Waals surface area contributed by atoms with Crippen LogP contribution >= 0.6 is 24.0 Å². The maximum absolute atomic E-state index is 10.5. The molecule has 1 saturated heterocycles. The second-order valence-electron chi connectivity index (χ2n) is 6.87. The zero-order chi connectivity index (χ0) is 19.2. The Balaban J connectivity index is 0.00000280. The summed E-state index contributed by atoms with van der Waals surface area (Å²) in [5.41, 5.74) is 3.13. The van der Waals surface area contributed by atoms with Crippen molar-refractivity contribution in [3.63, 3.8) is 0 Å². The van der Waals surface area contributed by atoms with Gasteiger partial charge in [-0.2, -0.15) is 5.10 Å². The Morgan fingerprint density at radius 2 is 2.14 bits per heavy atom. The lowest BCUT2D eigenvalue weighted by molar-refractivity contribution is -0.00811. The Morgan fingerprint density at radius 1 is 1.39 bits per heavy atom. The molecule has 2 atom stereocenters. The van der Waals surface area contributed by atoms with Gasteiger partial charge in [0.2, 0.25) is 0 Å². The molecule has 1 aromatic carbocycles. The number of aliphatic imine (C=N–C) groups is 1. The van der Waals surface area contributed by atoms with E-state index in [2.05, 4.69) is 20.3 Å². The second kappa shape index (κ2) is 10.8. The highest BCUT2D eigenvalue weighted by Gasteiger charge is 2.25. The summed E-state index contributed by atoms with van der Waals surface area (Å²) >= 11 is 0. The number of nitrogens with one attached hydrogen (secondary N) is 1. The Bertz CT molecular complexity index is 762. The summed E-state index contributed by atoms with van der Waals surface area (Å²) in [6.45, 7) is 7.28. The molecule has 2 N–H and O–H groups in total. The minimum Gasteiger partial charge on any atom is -0.386 e. The van der Waals surface area contributed by atoms with E-state index in [0.29, 0.717) is 19.7 Å². The summed E-state index contributed by atoms with van der Waals surface area (Å²) < 4.78 is 7.70. The SMILES string of the molecule is CCNC(=NCC(O)c1ccc(C)cc1)N1CCOC(c2cnn(C)c2)C1.I. The van der Waals surface area contributed by atoms with Gasteiger partial charge in [-0.1, -0.05) is 29.8 Å². The van der Waals surface area contributed by atoms with Crippen molar-refractivity contribution in [3.05, 3.63) is 53.3 Å². The van der Waals surface area contributed by atoms with Gasteiger partial charge in [0.25, 0.3) is 0 Å². The Hall–Kier alpha value is -1.65. The number of aromatic nitrogens is 2. The summed E-state index contributed by atoms with van der Waals surface area (Å²) in [5, 5.41) is 18.0. The molecule has 1 aromatic heterocycles. The van der Waals surface area contributed by atoms with E-state index in [1.165, 1.54) is 5.56 Å². The molecule has 3 rings (SSSR count). The number of hydrogen-bond acceptors (Lipinski definition) is 4. The maximum Gasteiger partial charge on any atom is 0.194 e. The van der Waals surface area contributed by atoms with Gasteiger partial charge in [0.15, 0.2) is 5.96 Å². The van der Waals surface area contributed by atoms with Gasteiger partial charge in [0.1, 0.15) is 6.10 Å². The van der Waals surface area contributed by atoms with Crippen LogP contribution in [-0.2, 0) is 11.8 Å². The van der Waals surface area contributed by atoms with Crippen molar-refractivity contribution in [2.24, 2.45) is 12.0 Å². The Kier molecular flexibility index (Phi) is 8.71. The summed E-state index contributed by atoms with van der Waals surface area (Å²) in [6, 6.07) is 7.92. The molecular formula is C20H30IN5O2. The summed E-state index contributed by atoms with van der Waals surface area (Å²) in [5.74, 6) is 0.806. The van der Waals surface area contributed by atoms with Crippen LogP contribution in [0.4, 0.5) is 0 Å². The molecule has 7 nitrogen and oxygen atoms in total. The number of morpholine rings is 1. The van der Waals surface area contributed by atoms with Gasteiger partial charge in [-0.3, -0.25) is 9.67 Å². The quantitative estimate of drug-likeness (QED) is 0.376. The number of ether oxygens (including phenoxy) is 1. The Morgan fingerprint density at radius 3 is 2.79 bits per heavy atom. The standard InChI is InChI=1S/C20H29N5O2.HI/c1-4-21-20(22-12-18(26)16-7-5-15(2)6-8-16)25-9-10-27-19(14-25)17-11-23-24(3)13-17;/h5-8,11,13,18-19,26H,4,9-10,12,14H2,1-3H3,(H,21,22);1H. The minimum absolute atomic E-state index is 0. The van der Waals surface area contributed by atoms with E-state index in [-0.39, 0.29) is 30.1 Å². The van der Waals surface area contributed by atoms with Crippen LogP contribution in [-0.4, -0.2) is 58.5 Å². The molecule has 1 aliphatic heterocycles. The van der Waals surface area contributed by atoms with Crippen LogP contribution < -0.4 is 5.32 Å². The molecule has 2 heterocycles. The van der Waals surface area contributed by atoms with Crippen LogP contribution in [0.25, 0.3) is 0 Å².